The highest BCUT2D eigenvalue weighted by Gasteiger charge is 2.29. The number of anilines is 1. The summed E-state index contributed by atoms with van der Waals surface area (Å²) in [5, 5.41) is 4.71. The predicted octanol–water partition coefficient (Wildman–Crippen LogP) is 4.69. The third-order valence-electron chi connectivity index (χ3n) is 5.63. The Balaban J connectivity index is 1.47. The standard InChI is InChI=1S/C23H25BrN4O2/c24-17-8-6-16(7-9-17)21-20(23(26)29)22(25)28(27-21)18-10-12-19(13-11-18)30-14-15-4-2-1-3-5-15/h1-9,18-19H,10-14,25H2,(H2,26,29). The molecule has 0 saturated heterocycles. The first-order chi connectivity index (χ1) is 14.5. The molecule has 0 atom stereocenters. The minimum Gasteiger partial charge on any atom is -0.383 e. The van der Waals surface area contributed by atoms with Gasteiger partial charge in [0.1, 0.15) is 17.1 Å². The first-order valence-electron chi connectivity index (χ1n) is 10.1. The number of carbonyl (C=O) groups is 1. The fourth-order valence-electron chi connectivity index (χ4n) is 4.02. The van der Waals surface area contributed by atoms with Gasteiger partial charge in [-0.15, -0.1) is 0 Å². The summed E-state index contributed by atoms with van der Waals surface area (Å²) in [7, 11) is 0. The van der Waals surface area contributed by atoms with Crippen LogP contribution in [-0.4, -0.2) is 21.8 Å². The van der Waals surface area contributed by atoms with Crippen LogP contribution < -0.4 is 11.5 Å². The van der Waals surface area contributed by atoms with Gasteiger partial charge in [-0.3, -0.25) is 4.79 Å². The van der Waals surface area contributed by atoms with Crippen LogP contribution in [0.15, 0.2) is 59.1 Å². The normalized spacial score (nSPS) is 19.0. The number of hydrogen-bond acceptors (Lipinski definition) is 4. The molecule has 0 radical (unpaired) electrons. The number of nitrogen functional groups attached to an aromatic ring is 1. The number of primary amides is 1. The maximum Gasteiger partial charge on any atom is 0.254 e. The van der Waals surface area contributed by atoms with Crippen LogP contribution in [0.3, 0.4) is 0 Å². The summed E-state index contributed by atoms with van der Waals surface area (Å²) in [6.07, 6.45) is 3.86. The van der Waals surface area contributed by atoms with E-state index in [4.69, 9.17) is 21.3 Å². The lowest BCUT2D eigenvalue weighted by molar-refractivity contribution is 0.00764. The number of rotatable bonds is 6. The van der Waals surface area contributed by atoms with Crippen molar-refractivity contribution in [2.45, 2.75) is 44.4 Å². The number of nitrogens with zero attached hydrogens (tertiary/aromatic N) is 2. The second-order valence-electron chi connectivity index (χ2n) is 7.65. The van der Waals surface area contributed by atoms with Crippen LogP contribution in [0, 0.1) is 0 Å². The van der Waals surface area contributed by atoms with Crippen LogP contribution in [0.1, 0.15) is 47.6 Å². The Labute approximate surface area is 184 Å². The molecule has 30 heavy (non-hydrogen) atoms. The van der Waals surface area contributed by atoms with E-state index in [1.807, 2.05) is 42.5 Å². The molecule has 0 unspecified atom stereocenters. The number of aromatic nitrogens is 2. The minimum atomic E-state index is -0.559. The quantitative estimate of drug-likeness (QED) is 0.547. The zero-order valence-electron chi connectivity index (χ0n) is 16.6. The highest BCUT2D eigenvalue weighted by molar-refractivity contribution is 9.10. The first kappa shape index (κ1) is 20.6. The lowest BCUT2D eigenvalue weighted by atomic mass is 9.93. The molecule has 1 aromatic heterocycles. The van der Waals surface area contributed by atoms with Crippen LogP contribution in [0.5, 0.6) is 0 Å². The Morgan fingerprint density at radius 3 is 2.37 bits per heavy atom. The zero-order chi connectivity index (χ0) is 21.1. The van der Waals surface area contributed by atoms with Crippen molar-refractivity contribution in [1.82, 2.24) is 9.78 Å². The van der Waals surface area contributed by atoms with Gasteiger partial charge in [-0.2, -0.15) is 5.10 Å². The second-order valence-corrected chi connectivity index (χ2v) is 8.57. The Morgan fingerprint density at radius 1 is 1.07 bits per heavy atom. The van der Waals surface area contributed by atoms with E-state index in [1.54, 1.807) is 4.68 Å². The van der Waals surface area contributed by atoms with Crippen molar-refractivity contribution in [3.05, 3.63) is 70.2 Å². The van der Waals surface area contributed by atoms with E-state index < -0.39 is 5.91 Å². The summed E-state index contributed by atoms with van der Waals surface area (Å²) in [5.74, 6) is -0.217. The largest absolute Gasteiger partial charge is 0.383 e. The van der Waals surface area contributed by atoms with Crippen molar-refractivity contribution >= 4 is 27.7 Å². The van der Waals surface area contributed by atoms with Gasteiger partial charge in [0.05, 0.1) is 18.8 Å². The average molecular weight is 469 g/mol. The third-order valence-corrected chi connectivity index (χ3v) is 6.16. The smallest absolute Gasteiger partial charge is 0.254 e. The molecule has 0 aliphatic heterocycles. The number of amides is 1. The van der Waals surface area contributed by atoms with E-state index in [2.05, 4.69) is 28.1 Å². The molecule has 0 spiro atoms. The minimum absolute atomic E-state index is 0.129. The number of carbonyl (C=O) groups excluding carboxylic acids is 1. The third kappa shape index (κ3) is 4.42. The van der Waals surface area contributed by atoms with E-state index in [0.717, 1.165) is 35.7 Å². The van der Waals surface area contributed by atoms with Crippen LogP contribution in [0.4, 0.5) is 5.82 Å². The van der Waals surface area contributed by atoms with E-state index in [-0.39, 0.29) is 12.1 Å². The number of halogens is 1. The topological polar surface area (TPSA) is 96.2 Å². The molecule has 7 heteroatoms. The van der Waals surface area contributed by atoms with Gasteiger partial charge in [0, 0.05) is 10.0 Å². The molecule has 1 aliphatic rings. The molecular weight excluding hydrogens is 444 g/mol. The highest BCUT2D eigenvalue weighted by atomic mass is 79.9. The van der Waals surface area contributed by atoms with Gasteiger partial charge in [-0.05, 0) is 43.4 Å². The van der Waals surface area contributed by atoms with Crippen molar-refractivity contribution in [1.29, 1.82) is 0 Å². The molecular formula is C23H25BrN4O2. The van der Waals surface area contributed by atoms with Gasteiger partial charge in [0.25, 0.3) is 5.91 Å². The average Bonchev–Trinajstić information content (AvgIpc) is 3.11. The summed E-state index contributed by atoms with van der Waals surface area (Å²) in [6.45, 7) is 0.625. The molecule has 3 aromatic rings. The van der Waals surface area contributed by atoms with Crippen LogP contribution in [-0.2, 0) is 11.3 Å². The first-order valence-corrected chi connectivity index (χ1v) is 10.9. The molecule has 1 amide bonds. The van der Waals surface area contributed by atoms with Crippen molar-refractivity contribution in [3.63, 3.8) is 0 Å². The molecule has 1 heterocycles. The van der Waals surface area contributed by atoms with Crippen LogP contribution in [0.2, 0.25) is 0 Å². The van der Waals surface area contributed by atoms with Gasteiger partial charge >= 0.3 is 0 Å². The summed E-state index contributed by atoms with van der Waals surface area (Å²) in [4.78, 5) is 12.1. The lowest BCUT2D eigenvalue weighted by Crippen LogP contribution is -2.25. The Kier molecular flexibility index (Phi) is 6.20. The summed E-state index contributed by atoms with van der Waals surface area (Å²) in [6, 6.07) is 17.9. The number of ether oxygens (including phenoxy) is 1. The van der Waals surface area contributed by atoms with E-state index in [9.17, 15) is 4.79 Å². The molecule has 6 nitrogen and oxygen atoms in total. The molecule has 1 saturated carbocycles. The molecule has 156 valence electrons. The molecule has 1 aliphatic carbocycles. The van der Waals surface area contributed by atoms with Gasteiger partial charge in [-0.25, -0.2) is 4.68 Å². The second kappa shape index (κ2) is 9.02. The van der Waals surface area contributed by atoms with Gasteiger partial charge in [0.2, 0.25) is 0 Å². The maximum absolute atomic E-state index is 12.1. The van der Waals surface area contributed by atoms with Crippen molar-refractivity contribution < 1.29 is 9.53 Å². The Hall–Kier alpha value is -2.64. The SMILES string of the molecule is NC(=O)c1c(-c2ccc(Br)cc2)nn(C2CCC(OCc3ccccc3)CC2)c1N. The van der Waals surface area contributed by atoms with Gasteiger partial charge in [-0.1, -0.05) is 58.4 Å². The monoisotopic (exact) mass is 468 g/mol. The van der Waals surface area contributed by atoms with E-state index in [1.165, 1.54) is 5.56 Å². The highest BCUT2D eigenvalue weighted by Crippen LogP contribution is 2.36. The summed E-state index contributed by atoms with van der Waals surface area (Å²) < 4.78 is 8.83. The summed E-state index contributed by atoms with van der Waals surface area (Å²) >= 11 is 3.43. The Morgan fingerprint density at radius 2 is 1.73 bits per heavy atom. The number of nitrogens with two attached hydrogens (primary N) is 2. The van der Waals surface area contributed by atoms with Crippen LogP contribution in [0.25, 0.3) is 11.3 Å². The molecule has 4 rings (SSSR count). The van der Waals surface area contributed by atoms with Gasteiger partial charge < -0.3 is 16.2 Å². The van der Waals surface area contributed by atoms with Crippen LogP contribution >= 0.6 is 15.9 Å². The summed E-state index contributed by atoms with van der Waals surface area (Å²) in [5.41, 5.74) is 14.8. The van der Waals surface area contributed by atoms with Gasteiger partial charge in [0.15, 0.2) is 0 Å². The maximum atomic E-state index is 12.1. The fourth-order valence-corrected chi connectivity index (χ4v) is 4.29. The van der Waals surface area contributed by atoms with E-state index >= 15 is 0 Å². The molecule has 4 N–H and O–H groups in total. The molecule has 0 bridgehead atoms. The Bertz CT molecular complexity index is 1010. The predicted molar refractivity (Wildman–Crippen MR) is 121 cm³/mol. The van der Waals surface area contributed by atoms with E-state index in [0.29, 0.717) is 23.7 Å². The van der Waals surface area contributed by atoms with Crippen molar-refractivity contribution in [2.24, 2.45) is 5.73 Å². The van der Waals surface area contributed by atoms with Crippen molar-refractivity contribution in [3.8, 4) is 11.3 Å². The number of benzene rings is 2. The zero-order valence-corrected chi connectivity index (χ0v) is 18.2. The van der Waals surface area contributed by atoms with Crippen molar-refractivity contribution in [2.75, 3.05) is 5.73 Å². The molecule has 2 aromatic carbocycles. The molecule has 1 fully saturated rings. The fraction of sp³-hybridized carbons (Fsp3) is 0.304. The number of hydrogen-bond donors (Lipinski definition) is 2. The lowest BCUT2D eigenvalue weighted by Gasteiger charge is -2.29.